The van der Waals surface area contributed by atoms with E-state index in [1.807, 2.05) is 12.1 Å². The van der Waals surface area contributed by atoms with Gasteiger partial charge in [-0.15, -0.1) is 11.3 Å². The Bertz CT molecular complexity index is 992. The highest BCUT2D eigenvalue weighted by Crippen LogP contribution is 2.48. The van der Waals surface area contributed by atoms with Crippen LogP contribution in [0.5, 0.6) is 0 Å². The van der Waals surface area contributed by atoms with Gasteiger partial charge in [0.2, 0.25) is 12.7 Å². The van der Waals surface area contributed by atoms with Gasteiger partial charge in [-0.25, -0.2) is 9.59 Å². The van der Waals surface area contributed by atoms with E-state index in [9.17, 15) is 24.3 Å². The number of hydrogen-bond acceptors (Lipinski definition) is 8. The Hall–Kier alpha value is -2.92. The third-order valence-corrected chi connectivity index (χ3v) is 6.67. The number of urea groups is 1. The lowest BCUT2D eigenvalue weighted by molar-refractivity contribution is -0.175. The predicted molar refractivity (Wildman–Crippen MR) is 119 cm³/mol. The number of ether oxygens (including phenoxy) is 2. The third-order valence-electron chi connectivity index (χ3n) is 5.52. The number of β-lactam (4-membered cyclic amide) rings is 1. The Morgan fingerprint density at radius 2 is 1.97 bits per heavy atom. The molecule has 0 bridgehead atoms. The number of aliphatic hydroxyl groups is 1. The second-order valence-electron chi connectivity index (χ2n) is 9.00. The summed E-state index contributed by atoms with van der Waals surface area (Å²) in [7, 11) is 1.52. The molecule has 1 aromatic heterocycles. The van der Waals surface area contributed by atoms with E-state index in [2.05, 4.69) is 10.6 Å². The minimum absolute atomic E-state index is 0.0985. The highest BCUT2D eigenvalue weighted by atomic mass is 32.1. The second kappa shape index (κ2) is 9.52. The summed E-state index contributed by atoms with van der Waals surface area (Å²) in [6.45, 7) is 6.34. The Morgan fingerprint density at radius 3 is 2.58 bits per heavy atom. The molecule has 0 aromatic carbocycles. The zero-order chi connectivity index (χ0) is 24.5. The first-order valence-corrected chi connectivity index (χ1v) is 11.4. The quantitative estimate of drug-likeness (QED) is 0.307. The van der Waals surface area contributed by atoms with Gasteiger partial charge >= 0.3 is 18.0 Å². The summed E-state index contributed by atoms with van der Waals surface area (Å²) < 4.78 is 10.2. The van der Waals surface area contributed by atoms with Gasteiger partial charge in [-0.3, -0.25) is 9.59 Å². The van der Waals surface area contributed by atoms with Gasteiger partial charge in [-0.1, -0.05) is 0 Å². The van der Waals surface area contributed by atoms with Gasteiger partial charge in [0.05, 0.1) is 30.0 Å². The Morgan fingerprint density at radius 1 is 1.27 bits per heavy atom. The predicted octanol–water partition coefficient (Wildman–Crippen LogP) is 1.59. The maximum absolute atomic E-state index is 12.9. The molecule has 2 aliphatic heterocycles. The molecule has 3 heterocycles. The number of rotatable bonds is 7. The number of fused-ring (bicyclic) bond motifs is 1. The summed E-state index contributed by atoms with van der Waals surface area (Å²) in [5, 5.41) is 15.2. The van der Waals surface area contributed by atoms with Crippen molar-refractivity contribution in [2.75, 3.05) is 13.8 Å². The zero-order valence-electron chi connectivity index (χ0n) is 19.3. The van der Waals surface area contributed by atoms with E-state index in [0.717, 1.165) is 9.75 Å². The van der Waals surface area contributed by atoms with Crippen LogP contribution in [0.25, 0.3) is 5.57 Å². The smallest absolute Gasteiger partial charge is 0.358 e. The van der Waals surface area contributed by atoms with Gasteiger partial charge in [0.15, 0.2) is 0 Å². The van der Waals surface area contributed by atoms with Gasteiger partial charge in [0.1, 0.15) is 5.70 Å². The SMILES string of the molecule is CNC(=O)NCc1ccc(C2=C(C(=O)OCOC(=O)C(C)(C)C)N3C(=O)[C@H]([C@@H](C)O)[C@H]3C2)s1. The van der Waals surface area contributed by atoms with Crippen LogP contribution in [0.2, 0.25) is 0 Å². The van der Waals surface area contributed by atoms with Crippen molar-refractivity contribution in [3.05, 3.63) is 27.6 Å². The van der Waals surface area contributed by atoms with Gasteiger partial charge in [-0.05, 0) is 46.2 Å². The fraction of sp³-hybridized carbons (Fsp3) is 0.545. The molecule has 180 valence electrons. The first-order chi connectivity index (χ1) is 15.5. The average Bonchev–Trinajstić information content (AvgIpc) is 3.33. The molecule has 3 rings (SSSR count). The van der Waals surface area contributed by atoms with E-state index in [1.54, 1.807) is 27.7 Å². The van der Waals surface area contributed by atoms with Gasteiger partial charge in [0, 0.05) is 22.4 Å². The van der Waals surface area contributed by atoms with Gasteiger partial charge in [-0.2, -0.15) is 0 Å². The van der Waals surface area contributed by atoms with Crippen LogP contribution in [0.1, 0.15) is 43.9 Å². The van der Waals surface area contributed by atoms with Crippen molar-refractivity contribution in [3.63, 3.8) is 0 Å². The molecule has 11 heteroatoms. The second-order valence-corrected chi connectivity index (χ2v) is 10.2. The number of carbonyl (C=O) groups is 4. The summed E-state index contributed by atoms with van der Waals surface area (Å²) in [6, 6.07) is 3.00. The lowest BCUT2D eigenvalue weighted by atomic mass is 9.83. The maximum Gasteiger partial charge on any atom is 0.358 e. The van der Waals surface area contributed by atoms with Crippen molar-refractivity contribution in [1.82, 2.24) is 15.5 Å². The number of esters is 2. The molecule has 2 aliphatic rings. The van der Waals surface area contributed by atoms with E-state index in [0.29, 0.717) is 18.5 Å². The number of hydrogen-bond donors (Lipinski definition) is 3. The third kappa shape index (κ3) is 5.03. The van der Waals surface area contributed by atoms with Crippen molar-refractivity contribution in [1.29, 1.82) is 0 Å². The molecule has 3 amide bonds. The Kier molecular flexibility index (Phi) is 7.13. The highest BCUT2D eigenvalue weighted by Gasteiger charge is 2.57. The van der Waals surface area contributed by atoms with Crippen molar-refractivity contribution in [2.45, 2.75) is 52.8 Å². The van der Waals surface area contributed by atoms with E-state index in [1.165, 1.54) is 23.3 Å². The van der Waals surface area contributed by atoms with Crippen molar-refractivity contribution in [2.24, 2.45) is 11.3 Å². The van der Waals surface area contributed by atoms with Crippen molar-refractivity contribution >= 4 is 40.8 Å². The van der Waals surface area contributed by atoms with Crippen LogP contribution in [0.4, 0.5) is 4.79 Å². The molecular weight excluding hydrogens is 450 g/mol. The van der Waals surface area contributed by atoms with E-state index in [-0.39, 0.29) is 23.7 Å². The minimum atomic E-state index is -0.848. The van der Waals surface area contributed by atoms with E-state index < -0.39 is 36.2 Å². The van der Waals surface area contributed by atoms with Crippen LogP contribution >= 0.6 is 11.3 Å². The van der Waals surface area contributed by atoms with Crippen molar-refractivity contribution in [3.8, 4) is 0 Å². The van der Waals surface area contributed by atoms with E-state index >= 15 is 0 Å². The summed E-state index contributed by atoms with van der Waals surface area (Å²) >= 11 is 1.38. The van der Waals surface area contributed by atoms with Crippen LogP contribution in [-0.4, -0.2) is 59.9 Å². The first kappa shape index (κ1) is 24.7. The summed E-state index contributed by atoms with van der Waals surface area (Å²) in [5.74, 6) is -2.24. The summed E-state index contributed by atoms with van der Waals surface area (Å²) in [5.41, 5.74) is -0.0234. The number of carbonyl (C=O) groups excluding carboxylic acids is 4. The lowest BCUT2D eigenvalue weighted by Gasteiger charge is -2.44. The normalized spacial score (nSPS) is 20.7. The molecule has 1 saturated heterocycles. The molecule has 10 nitrogen and oxygen atoms in total. The molecule has 1 fully saturated rings. The molecule has 0 spiro atoms. The van der Waals surface area contributed by atoms with Crippen LogP contribution in [0.15, 0.2) is 17.8 Å². The van der Waals surface area contributed by atoms with Crippen LogP contribution in [0.3, 0.4) is 0 Å². The summed E-state index contributed by atoms with van der Waals surface area (Å²) in [6.07, 6.45) is -0.463. The number of nitrogens with one attached hydrogen (secondary N) is 2. The van der Waals surface area contributed by atoms with Crippen LogP contribution < -0.4 is 10.6 Å². The highest BCUT2D eigenvalue weighted by molar-refractivity contribution is 7.13. The number of aliphatic hydroxyl groups excluding tert-OH is 1. The first-order valence-electron chi connectivity index (χ1n) is 10.6. The Labute approximate surface area is 195 Å². The molecule has 0 unspecified atom stereocenters. The molecule has 3 atom stereocenters. The van der Waals surface area contributed by atoms with Gasteiger partial charge < -0.3 is 30.1 Å². The fourth-order valence-electron chi connectivity index (χ4n) is 3.79. The average molecular weight is 480 g/mol. The zero-order valence-corrected chi connectivity index (χ0v) is 20.1. The monoisotopic (exact) mass is 479 g/mol. The fourth-order valence-corrected chi connectivity index (χ4v) is 4.79. The molecule has 0 aliphatic carbocycles. The van der Waals surface area contributed by atoms with Crippen LogP contribution in [0, 0.1) is 11.3 Å². The van der Waals surface area contributed by atoms with Gasteiger partial charge in [0.25, 0.3) is 0 Å². The molecule has 0 radical (unpaired) electrons. The molecule has 33 heavy (non-hydrogen) atoms. The standard InChI is InChI=1S/C22H29N3O7S/c1-11(26)16-14-8-13(15-7-6-12(33-15)9-24-21(30)23-5)17(25(14)18(16)27)19(28)31-10-32-20(29)22(2,3)4/h6-7,11,14,16,26H,8-10H2,1-5H3,(H2,23,24,30)/t11-,14-,16-/m1/s1. The van der Waals surface area contributed by atoms with E-state index in [4.69, 9.17) is 9.47 Å². The largest absolute Gasteiger partial charge is 0.427 e. The molecular formula is C22H29N3O7S. The number of nitrogens with zero attached hydrogens (tertiary/aromatic N) is 1. The lowest BCUT2D eigenvalue weighted by Crippen LogP contribution is -2.61. The molecule has 0 saturated carbocycles. The molecule has 1 aromatic rings. The minimum Gasteiger partial charge on any atom is -0.427 e. The van der Waals surface area contributed by atoms with Crippen molar-refractivity contribution < 1.29 is 33.8 Å². The maximum atomic E-state index is 12.9. The Balaban J connectivity index is 1.81. The molecule has 3 N–H and O–H groups in total. The topological polar surface area (TPSA) is 134 Å². The number of thiophene rings is 1. The number of amides is 3. The van der Waals surface area contributed by atoms with Crippen LogP contribution in [-0.2, 0) is 30.4 Å². The summed E-state index contributed by atoms with van der Waals surface area (Å²) in [4.78, 5) is 52.0.